The smallest absolute Gasteiger partial charge is 0.412 e. The van der Waals surface area contributed by atoms with Gasteiger partial charge < -0.3 is 19.5 Å². The van der Waals surface area contributed by atoms with Gasteiger partial charge in [0.1, 0.15) is 11.4 Å². The number of benzene rings is 2. The normalized spacial score (nSPS) is 10.6. The van der Waals surface area contributed by atoms with E-state index in [-0.39, 0.29) is 5.56 Å². The van der Waals surface area contributed by atoms with E-state index in [4.69, 9.17) is 14.2 Å². The standard InChI is InChI=1S/C21H24N2O6/c1-21(2,3)29-20(26)22-15-9-7-8-14(12-15)19(25)28-13-18(24)23-16-10-5-6-11-17(16)27-4/h5-12H,13H2,1-4H3,(H,22,26)(H,23,24). The molecule has 0 aliphatic heterocycles. The molecule has 0 heterocycles. The van der Waals surface area contributed by atoms with E-state index in [0.717, 1.165) is 0 Å². The van der Waals surface area contributed by atoms with Crippen LogP contribution in [0.4, 0.5) is 16.2 Å². The molecule has 0 bridgehead atoms. The molecular formula is C21H24N2O6. The Labute approximate surface area is 169 Å². The molecule has 0 saturated carbocycles. The Morgan fingerprint density at radius 3 is 2.38 bits per heavy atom. The molecule has 2 rings (SSSR count). The topological polar surface area (TPSA) is 103 Å². The second-order valence-electron chi connectivity index (χ2n) is 7.03. The second kappa shape index (κ2) is 9.59. The van der Waals surface area contributed by atoms with Crippen LogP contribution in [0.1, 0.15) is 31.1 Å². The van der Waals surface area contributed by atoms with Crippen LogP contribution in [0.25, 0.3) is 0 Å². The number of rotatable bonds is 6. The van der Waals surface area contributed by atoms with Crippen molar-refractivity contribution in [2.24, 2.45) is 0 Å². The Bertz CT molecular complexity index is 889. The Hall–Kier alpha value is -3.55. The van der Waals surface area contributed by atoms with E-state index in [1.165, 1.54) is 19.2 Å². The number of amides is 2. The Kier molecular flexibility index (Phi) is 7.19. The fourth-order valence-corrected chi connectivity index (χ4v) is 2.29. The first kappa shape index (κ1) is 21.7. The third-order valence-electron chi connectivity index (χ3n) is 3.46. The number of hydrogen-bond donors (Lipinski definition) is 2. The number of para-hydroxylation sites is 2. The van der Waals surface area contributed by atoms with Gasteiger partial charge in [-0.15, -0.1) is 0 Å². The zero-order valence-electron chi connectivity index (χ0n) is 16.8. The number of carbonyl (C=O) groups is 3. The molecule has 2 N–H and O–H groups in total. The third-order valence-corrected chi connectivity index (χ3v) is 3.46. The van der Waals surface area contributed by atoms with Crippen LogP contribution in [-0.4, -0.2) is 37.3 Å². The van der Waals surface area contributed by atoms with E-state index in [2.05, 4.69) is 10.6 Å². The van der Waals surface area contributed by atoms with Gasteiger partial charge in [-0.3, -0.25) is 10.1 Å². The molecule has 2 aromatic rings. The van der Waals surface area contributed by atoms with Crippen LogP contribution in [0.5, 0.6) is 5.75 Å². The van der Waals surface area contributed by atoms with E-state index in [9.17, 15) is 14.4 Å². The van der Waals surface area contributed by atoms with Crippen molar-refractivity contribution in [2.45, 2.75) is 26.4 Å². The van der Waals surface area contributed by atoms with Crippen LogP contribution >= 0.6 is 0 Å². The summed E-state index contributed by atoms with van der Waals surface area (Å²) in [6.45, 7) is 4.77. The SMILES string of the molecule is COc1ccccc1NC(=O)COC(=O)c1cccc(NC(=O)OC(C)(C)C)c1. The van der Waals surface area contributed by atoms with Gasteiger partial charge in [-0.1, -0.05) is 18.2 Å². The van der Waals surface area contributed by atoms with Crippen LogP contribution in [0, 0.1) is 0 Å². The molecule has 0 aliphatic carbocycles. The molecule has 0 aliphatic rings. The van der Waals surface area contributed by atoms with Gasteiger partial charge in [0.05, 0.1) is 18.4 Å². The van der Waals surface area contributed by atoms with Crippen LogP contribution in [-0.2, 0) is 14.3 Å². The molecule has 0 radical (unpaired) electrons. The minimum Gasteiger partial charge on any atom is -0.495 e. The number of ether oxygens (including phenoxy) is 3. The molecule has 8 heteroatoms. The number of nitrogens with one attached hydrogen (secondary N) is 2. The summed E-state index contributed by atoms with van der Waals surface area (Å²) in [7, 11) is 1.49. The molecule has 29 heavy (non-hydrogen) atoms. The number of methoxy groups -OCH3 is 1. The maximum absolute atomic E-state index is 12.2. The van der Waals surface area contributed by atoms with Gasteiger partial charge in [-0.05, 0) is 51.1 Å². The van der Waals surface area contributed by atoms with Gasteiger partial charge in [0, 0.05) is 5.69 Å². The molecule has 2 aromatic carbocycles. The van der Waals surface area contributed by atoms with Crippen molar-refractivity contribution in [3.63, 3.8) is 0 Å². The van der Waals surface area contributed by atoms with Crippen molar-refractivity contribution in [2.75, 3.05) is 24.4 Å². The fourth-order valence-electron chi connectivity index (χ4n) is 2.29. The molecular weight excluding hydrogens is 376 g/mol. The molecule has 0 aromatic heterocycles. The molecule has 8 nitrogen and oxygen atoms in total. The number of anilines is 2. The zero-order chi connectivity index (χ0) is 21.4. The fraction of sp³-hybridized carbons (Fsp3) is 0.286. The summed E-state index contributed by atoms with van der Waals surface area (Å²) < 4.78 is 15.4. The van der Waals surface area contributed by atoms with Crippen LogP contribution in [0.15, 0.2) is 48.5 Å². The van der Waals surface area contributed by atoms with Gasteiger partial charge >= 0.3 is 12.1 Å². The average Bonchev–Trinajstić information content (AvgIpc) is 2.65. The van der Waals surface area contributed by atoms with Crippen LogP contribution in [0.3, 0.4) is 0 Å². The Morgan fingerprint density at radius 1 is 0.966 bits per heavy atom. The highest BCUT2D eigenvalue weighted by Crippen LogP contribution is 2.22. The monoisotopic (exact) mass is 400 g/mol. The first-order valence-electron chi connectivity index (χ1n) is 8.88. The summed E-state index contributed by atoms with van der Waals surface area (Å²) in [5, 5.41) is 5.15. The first-order valence-corrected chi connectivity index (χ1v) is 8.88. The molecule has 0 saturated heterocycles. The molecule has 0 atom stereocenters. The van der Waals surface area contributed by atoms with Crippen molar-refractivity contribution < 1.29 is 28.6 Å². The molecule has 0 spiro atoms. The minimum atomic E-state index is -0.701. The van der Waals surface area contributed by atoms with E-state index in [1.54, 1.807) is 57.2 Å². The van der Waals surface area contributed by atoms with Gasteiger partial charge in [0.2, 0.25) is 0 Å². The van der Waals surface area contributed by atoms with E-state index < -0.39 is 30.2 Å². The lowest BCUT2D eigenvalue weighted by molar-refractivity contribution is -0.119. The van der Waals surface area contributed by atoms with Gasteiger partial charge in [0.25, 0.3) is 5.91 Å². The highest BCUT2D eigenvalue weighted by Gasteiger charge is 2.17. The predicted molar refractivity (Wildman–Crippen MR) is 108 cm³/mol. The average molecular weight is 400 g/mol. The maximum atomic E-state index is 12.2. The van der Waals surface area contributed by atoms with Crippen molar-refractivity contribution in [3.05, 3.63) is 54.1 Å². The van der Waals surface area contributed by atoms with Gasteiger partial charge in [-0.25, -0.2) is 9.59 Å². The summed E-state index contributed by atoms with van der Waals surface area (Å²) in [4.78, 5) is 36.1. The number of esters is 1. The zero-order valence-corrected chi connectivity index (χ0v) is 16.8. The summed E-state index contributed by atoms with van der Waals surface area (Å²) in [6, 6.07) is 13.0. The molecule has 2 amide bonds. The highest BCUT2D eigenvalue weighted by atomic mass is 16.6. The second-order valence-corrected chi connectivity index (χ2v) is 7.03. The lowest BCUT2D eigenvalue weighted by Crippen LogP contribution is -2.27. The highest BCUT2D eigenvalue weighted by molar-refractivity contribution is 5.97. The lowest BCUT2D eigenvalue weighted by atomic mass is 10.2. The van der Waals surface area contributed by atoms with Gasteiger partial charge in [-0.2, -0.15) is 0 Å². The van der Waals surface area contributed by atoms with E-state index in [0.29, 0.717) is 17.1 Å². The molecule has 0 unspecified atom stereocenters. The summed E-state index contributed by atoms with van der Waals surface area (Å²) in [5.74, 6) is -0.716. The quantitative estimate of drug-likeness (QED) is 0.714. The van der Waals surface area contributed by atoms with Crippen LogP contribution < -0.4 is 15.4 Å². The third kappa shape index (κ3) is 7.17. The molecule has 0 fully saturated rings. The number of carbonyl (C=O) groups excluding carboxylic acids is 3. The molecule has 154 valence electrons. The van der Waals surface area contributed by atoms with Crippen molar-refractivity contribution in [3.8, 4) is 5.75 Å². The van der Waals surface area contributed by atoms with Gasteiger partial charge in [0.15, 0.2) is 6.61 Å². The van der Waals surface area contributed by atoms with Crippen LogP contribution in [0.2, 0.25) is 0 Å². The lowest BCUT2D eigenvalue weighted by Gasteiger charge is -2.19. The maximum Gasteiger partial charge on any atom is 0.412 e. The van der Waals surface area contributed by atoms with E-state index in [1.807, 2.05) is 0 Å². The Balaban J connectivity index is 1.92. The van der Waals surface area contributed by atoms with Crippen molar-refractivity contribution in [1.82, 2.24) is 0 Å². The summed E-state index contributed by atoms with van der Waals surface area (Å²) in [6.07, 6.45) is -0.640. The summed E-state index contributed by atoms with van der Waals surface area (Å²) >= 11 is 0. The minimum absolute atomic E-state index is 0.184. The largest absolute Gasteiger partial charge is 0.495 e. The number of hydrogen-bond acceptors (Lipinski definition) is 6. The summed E-state index contributed by atoms with van der Waals surface area (Å²) in [5.41, 5.74) is 0.380. The Morgan fingerprint density at radius 2 is 1.69 bits per heavy atom. The van der Waals surface area contributed by atoms with Crippen molar-refractivity contribution in [1.29, 1.82) is 0 Å². The van der Waals surface area contributed by atoms with E-state index >= 15 is 0 Å². The first-order chi connectivity index (χ1) is 13.7. The van der Waals surface area contributed by atoms with Crippen molar-refractivity contribution >= 4 is 29.3 Å². The predicted octanol–water partition coefficient (Wildman–Crippen LogP) is 3.84.